The fraction of sp³-hybridized carbons (Fsp3) is 0.400. The second kappa shape index (κ2) is 6.26. The van der Waals surface area contributed by atoms with E-state index < -0.39 is 17.0 Å². The lowest BCUT2D eigenvalue weighted by Crippen LogP contribution is -2.51. The van der Waals surface area contributed by atoms with Gasteiger partial charge in [-0.1, -0.05) is 23.7 Å². The molecular formula is C20H20ClF2NO. The van der Waals surface area contributed by atoms with Crippen molar-refractivity contribution >= 4 is 11.6 Å². The Bertz CT molecular complexity index is 795. The van der Waals surface area contributed by atoms with Crippen LogP contribution in [0.4, 0.5) is 8.78 Å². The van der Waals surface area contributed by atoms with Gasteiger partial charge in [-0.25, -0.2) is 8.78 Å². The van der Waals surface area contributed by atoms with E-state index in [0.717, 1.165) is 30.9 Å². The maximum absolute atomic E-state index is 14.8. The van der Waals surface area contributed by atoms with Gasteiger partial charge in [0.2, 0.25) is 0 Å². The molecule has 0 spiro atoms. The molecule has 1 aliphatic heterocycles. The molecule has 3 atom stereocenters. The molecule has 5 heteroatoms. The molecule has 2 aliphatic rings. The minimum absolute atomic E-state index is 0.0655. The SMILES string of the molecule is N[C@@H]1CC[C@@]2(Cc3ccc(Cl)cc3)c3c(F)ccc(F)c3OC[C@H]2C1. The summed E-state index contributed by atoms with van der Waals surface area (Å²) in [6.07, 6.45) is 2.89. The van der Waals surface area contributed by atoms with E-state index in [1.54, 1.807) is 0 Å². The standard InChI is InChI=1S/C20H20ClF2NO/c21-14-3-1-12(2-4-14)10-20-8-7-15(24)9-13(20)11-25-19-17(23)6-5-16(22)18(19)20/h1-6,13,15H,7-11,24H2/t13-,15-,20+/m1/s1. The third-order valence-electron chi connectivity index (χ3n) is 5.75. The molecule has 132 valence electrons. The van der Waals surface area contributed by atoms with Crippen molar-refractivity contribution in [3.63, 3.8) is 0 Å². The van der Waals surface area contributed by atoms with Crippen molar-refractivity contribution in [3.8, 4) is 5.75 Å². The molecule has 2 nitrogen and oxygen atoms in total. The first-order chi connectivity index (χ1) is 12.0. The molecule has 0 bridgehead atoms. The zero-order valence-corrected chi connectivity index (χ0v) is 14.5. The zero-order chi connectivity index (χ0) is 17.6. The molecule has 1 saturated carbocycles. The van der Waals surface area contributed by atoms with Crippen molar-refractivity contribution < 1.29 is 13.5 Å². The highest BCUT2D eigenvalue weighted by molar-refractivity contribution is 6.30. The van der Waals surface area contributed by atoms with Crippen molar-refractivity contribution in [1.82, 2.24) is 0 Å². The van der Waals surface area contributed by atoms with Crippen LogP contribution >= 0.6 is 11.6 Å². The molecule has 2 N–H and O–H groups in total. The summed E-state index contributed by atoms with van der Waals surface area (Å²) in [5.74, 6) is -0.762. The van der Waals surface area contributed by atoms with E-state index in [4.69, 9.17) is 22.1 Å². The summed E-state index contributed by atoms with van der Waals surface area (Å²) in [6.45, 7) is 0.370. The van der Waals surface area contributed by atoms with Gasteiger partial charge in [-0.05, 0) is 55.5 Å². The average Bonchev–Trinajstić information content (AvgIpc) is 2.60. The lowest BCUT2D eigenvalue weighted by molar-refractivity contribution is 0.0705. The maximum atomic E-state index is 14.8. The first-order valence-corrected chi connectivity index (χ1v) is 8.99. The number of benzene rings is 2. The van der Waals surface area contributed by atoms with Crippen LogP contribution in [-0.4, -0.2) is 12.6 Å². The molecule has 0 aromatic heterocycles. The van der Waals surface area contributed by atoms with Gasteiger partial charge in [-0.2, -0.15) is 0 Å². The molecule has 0 unspecified atom stereocenters. The molecule has 4 rings (SSSR count). The summed E-state index contributed by atoms with van der Waals surface area (Å²) >= 11 is 5.99. The molecule has 2 aromatic rings. The number of halogens is 3. The van der Waals surface area contributed by atoms with Crippen LogP contribution in [0.1, 0.15) is 30.4 Å². The molecule has 1 fully saturated rings. The Kier molecular flexibility index (Phi) is 4.20. The number of ether oxygens (including phenoxy) is 1. The Morgan fingerprint density at radius 3 is 2.60 bits per heavy atom. The smallest absolute Gasteiger partial charge is 0.165 e. The highest BCUT2D eigenvalue weighted by Crippen LogP contribution is 2.53. The zero-order valence-electron chi connectivity index (χ0n) is 13.8. The van der Waals surface area contributed by atoms with E-state index in [-0.39, 0.29) is 17.7 Å². The van der Waals surface area contributed by atoms with Gasteiger partial charge in [-0.15, -0.1) is 0 Å². The van der Waals surface area contributed by atoms with Gasteiger partial charge in [-0.3, -0.25) is 0 Å². The number of hydrogen-bond acceptors (Lipinski definition) is 2. The van der Waals surface area contributed by atoms with Crippen molar-refractivity contribution in [3.05, 3.63) is 64.2 Å². The lowest BCUT2D eigenvalue weighted by atomic mass is 9.58. The predicted octanol–water partition coefficient (Wildman–Crippen LogP) is 4.62. The van der Waals surface area contributed by atoms with Crippen LogP contribution in [0.25, 0.3) is 0 Å². The Morgan fingerprint density at radius 2 is 1.84 bits per heavy atom. The summed E-state index contributed by atoms with van der Waals surface area (Å²) in [4.78, 5) is 0. The second-order valence-electron chi connectivity index (χ2n) is 7.24. The van der Waals surface area contributed by atoms with E-state index in [0.29, 0.717) is 23.6 Å². The molecule has 0 saturated heterocycles. The van der Waals surface area contributed by atoms with Crippen LogP contribution in [0.2, 0.25) is 5.02 Å². The average molecular weight is 364 g/mol. The summed E-state index contributed by atoms with van der Waals surface area (Å²) in [6, 6.07) is 9.99. The third-order valence-corrected chi connectivity index (χ3v) is 6.00. The van der Waals surface area contributed by atoms with Crippen LogP contribution in [0.15, 0.2) is 36.4 Å². The van der Waals surface area contributed by atoms with Crippen LogP contribution < -0.4 is 10.5 Å². The van der Waals surface area contributed by atoms with E-state index in [9.17, 15) is 8.78 Å². The van der Waals surface area contributed by atoms with Crippen molar-refractivity contribution in [1.29, 1.82) is 0 Å². The van der Waals surface area contributed by atoms with Crippen LogP contribution in [-0.2, 0) is 11.8 Å². The number of nitrogens with two attached hydrogens (primary N) is 1. The molecular weight excluding hydrogens is 344 g/mol. The minimum atomic E-state index is -0.500. The normalized spacial score (nSPS) is 28.0. The number of hydrogen-bond donors (Lipinski definition) is 1. The lowest BCUT2D eigenvalue weighted by Gasteiger charge is -2.49. The van der Waals surface area contributed by atoms with Crippen molar-refractivity contribution in [2.45, 2.75) is 37.1 Å². The van der Waals surface area contributed by atoms with Crippen molar-refractivity contribution in [2.24, 2.45) is 11.7 Å². The van der Waals surface area contributed by atoms with Crippen molar-refractivity contribution in [2.75, 3.05) is 6.61 Å². The highest BCUT2D eigenvalue weighted by Gasteiger charge is 2.50. The van der Waals surface area contributed by atoms with Crippen LogP contribution in [0, 0.1) is 17.6 Å². The van der Waals surface area contributed by atoms with Gasteiger partial charge in [0.05, 0.1) is 6.61 Å². The van der Waals surface area contributed by atoms with E-state index in [1.165, 1.54) is 6.07 Å². The summed E-state index contributed by atoms with van der Waals surface area (Å²) in [7, 11) is 0. The Morgan fingerprint density at radius 1 is 1.12 bits per heavy atom. The number of rotatable bonds is 2. The fourth-order valence-electron chi connectivity index (χ4n) is 4.52. The quantitative estimate of drug-likeness (QED) is 0.845. The van der Waals surface area contributed by atoms with Gasteiger partial charge >= 0.3 is 0 Å². The first kappa shape index (κ1) is 16.8. The van der Waals surface area contributed by atoms with E-state index >= 15 is 0 Å². The van der Waals surface area contributed by atoms with Gasteiger partial charge in [0.15, 0.2) is 11.6 Å². The third kappa shape index (κ3) is 2.81. The minimum Gasteiger partial charge on any atom is -0.490 e. The van der Waals surface area contributed by atoms with Gasteiger partial charge in [0.1, 0.15) is 5.82 Å². The van der Waals surface area contributed by atoms with Crippen LogP contribution in [0.5, 0.6) is 5.75 Å². The molecule has 2 aromatic carbocycles. The Hall–Kier alpha value is -1.65. The van der Waals surface area contributed by atoms with E-state index in [1.807, 2.05) is 24.3 Å². The monoisotopic (exact) mass is 363 g/mol. The van der Waals surface area contributed by atoms with E-state index in [2.05, 4.69) is 0 Å². The fourth-order valence-corrected chi connectivity index (χ4v) is 4.65. The molecule has 0 amide bonds. The number of fused-ring (bicyclic) bond motifs is 3. The summed E-state index contributed by atoms with van der Waals surface area (Å²) in [5, 5.41) is 0.660. The summed E-state index contributed by atoms with van der Waals surface area (Å²) in [5.41, 5.74) is 7.10. The maximum Gasteiger partial charge on any atom is 0.165 e. The summed E-state index contributed by atoms with van der Waals surface area (Å²) < 4.78 is 34.8. The molecule has 1 heterocycles. The predicted molar refractivity (Wildman–Crippen MR) is 94.0 cm³/mol. The Labute approximate surface area is 150 Å². The topological polar surface area (TPSA) is 35.2 Å². The van der Waals surface area contributed by atoms with Gasteiger partial charge < -0.3 is 10.5 Å². The first-order valence-electron chi connectivity index (χ1n) is 8.61. The largest absolute Gasteiger partial charge is 0.490 e. The van der Waals surface area contributed by atoms with Crippen LogP contribution in [0.3, 0.4) is 0 Å². The molecule has 0 radical (unpaired) electrons. The van der Waals surface area contributed by atoms with Gasteiger partial charge in [0, 0.05) is 28.0 Å². The molecule has 25 heavy (non-hydrogen) atoms. The highest BCUT2D eigenvalue weighted by atomic mass is 35.5. The molecule has 1 aliphatic carbocycles. The second-order valence-corrected chi connectivity index (χ2v) is 7.67. The Balaban J connectivity index is 1.85. The van der Waals surface area contributed by atoms with Gasteiger partial charge in [0.25, 0.3) is 0 Å².